The van der Waals surface area contributed by atoms with Crippen LogP contribution in [0, 0.1) is 17.3 Å². The number of aryl methyl sites for hydroxylation is 1. The van der Waals surface area contributed by atoms with Crippen LogP contribution in [-0.4, -0.2) is 16.0 Å². The van der Waals surface area contributed by atoms with Crippen molar-refractivity contribution in [3.63, 3.8) is 0 Å². The van der Waals surface area contributed by atoms with Crippen molar-refractivity contribution >= 4 is 5.78 Å². The molecular formula is C20H24O3. The van der Waals surface area contributed by atoms with E-state index in [-0.39, 0.29) is 17.0 Å². The van der Waals surface area contributed by atoms with E-state index in [1.54, 1.807) is 13.0 Å². The van der Waals surface area contributed by atoms with E-state index in [1.165, 1.54) is 11.1 Å². The van der Waals surface area contributed by atoms with Gasteiger partial charge in [0.05, 0.1) is 5.76 Å². The van der Waals surface area contributed by atoms with E-state index in [2.05, 4.69) is 13.0 Å². The molecule has 4 atom stereocenters. The molecule has 3 aliphatic rings. The summed E-state index contributed by atoms with van der Waals surface area (Å²) in [6, 6.07) is 5.77. The molecule has 0 bridgehead atoms. The van der Waals surface area contributed by atoms with Gasteiger partial charge in [0.2, 0.25) is 0 Å². The number of phenolic OH excluding ortho intramolecular Hbond substituents is 1. The quantitative estimate of drug-likeness (QED) is 0.556. The van der Waals surface area contributed by atoms with Crippen molar-refractivity contribution in [2.75, 3.05) is 0 Å². The van der Waals surface area contributed by atoms with Crippen LogP contribution in [0.5, 0.6) is 5.75 Å². The van der Waals surface area contributed by atoms with Crippen LogP contribution in [-0.2, 0) is 11.2 Å². The summed E-state index contributed by atoms with van der Waals surface area (Å²) in [7, 11) is 0. The number of allylic oxidation sites excluding steroid dienone is 2. The van der Waals surface area contributed by atoms with Crippen molar-refractivity contribution in [2.45, 2.75) is 51.9 Å². The van der Waals surface area contributed by atoms with Gasteiger partial charge in [-0.05, 0) is 80.0 Å². The Morgan fingerprint density at radius 3 is 2.83 bits per heavy atom. The third-order valence-electron chi connectivity index (χ3n) is 6.75. The van der Waals surface area contributed by atoms with Gasteiger partial charge in [0.25, 0.3) is 0 Å². The van der Waals surface area contributed by atoms with Crippen molar-refractivity contribution in [1.29, 1.82) is 0 Å². The Morgan fingerprint density at radius 1 is 1.30 bits per heavy atom. The fraction of sp³-hybridized carbons (Fsp3) is 0.550. The number of fused-ring (bicyclic) bond motifs is 5. The molecule has 0 aromatic heterocycles. The molecule has 0 radical (unpaired) electrons. The van der Waals surface area contributed by atoms with Gasteiger partial charge in [-0.3, -0.25) is 4.79 Å². The van der Waals surface area contributed by atoms with Crippen LogP contribution in [0.2, 0.25) is 0 Å². The zero-order chi connectivity index (χ0) is 16.4. The number of benzene rings is 1. The molecule has 2 N–H and O–H groups in total. The number of hydrogen-bond acceptors (Lipinski definition) is 3. The highest BCUT2D eigenvalue weighted by Gasteiger charge is 2.56. The van der Waals surface area contributed by atoms with Crippen molar-refractivity contribution < 1.29 is 15.0 Å². The number of ketones is 1. The lowest BCUT2D eigenvalue weighted by Gasteiger charge is -2.48. The van der Waals surface area contributed by atoms with Crippen molar-refractivity contribution in [2.24, 2.45) is 17.3 Å². The van der Waals surface area contributed by atoms with Crippen LogP contribution < -0.4 is 0 Å². The van der Waals surface area contributed by atoms with Gasteiger partial charge in [0.1, 0.15) is 5.75 Å². The minimum Gasteiger partial charge on any atom is -0.512 e. The molecule has 3 nitrogen and oxygen atoms in total. The van der Waals surface area contributed by atoms with Gasteiger partial charge in [-0.1, -0.05) is 13.0 Å². The number of Topliss-reactive ketones (excluding diaryl/α,β-unsaturated/α-hetero) is 1. The minimum atomic E-state index is -0.297. The Labute approximate surface area is 137 Å². The molecule has 0 heterocycles. The lowest BCUT2D eigenvalue weighted by molar-refractivity contribution is -0.127. The first kappa shape index (κ1) is 14.8. The topological polar surface area (TPSA) is 57.5 Å². The normalized spacial score (nSPS) is 37.8. The minimum absolute atomic E-state index is 0.178. The van der Waals surface area contributed by atoms with Gasteiger partial charge < -0.3 is 10.2 Å². The summed E-state index contributed by atoms with van der Waals surface area (Å²) in [5, 5.41) is 19.6. The van der Waals surface area contributed by atoms with Crippen LogP contribution >= 0.6 is 0 Å². The predicted octanol–water partition coefficient (Wildman–Crippen LogP) is 4.26. The molecule has 122 valence electrons. The van der Waals surface area contributed by atoms with Gasteiger partial charge in [0.15, 0.2) is 5.78 Å². The van der Waals surface area contributed by atoms with Crippen LogP contribution in [0.3, 0.4) is 0 Å². The molecule has 1 aromatic carbocycles. The van der Waals surface area contributed by atoms with E-state index in [0.29, 0.717) is 29.1 Å². The van der Waals surface area contributed by atoms with Crippen molar-refractivity contribution in [3.05, 3.63) is 40.7 Å². The smallest absolute Gasteiger partial charge is 0.168 e. The van der Waals surface area contributed by atoms with E-state index in [1.807, 2.05) is 6.07 Å². The van der Waals surface area contributed by atoms with E-state index < -0.39 is 0 Å². The zero-order valence-electron chi connectivity index (χ0n) is 13.8. The summed E-state index contributed by atoms with van der Waals surface area (Å²) >= 11 is 0. The number of rotatable bonds is 0. The first-order valence-corrected chi connectivity index (χ1v) is 8.67. The molecule has 23 heavy (non-hydrogen) atoms. The summed E-state index contributed by atoms with van der Waals surface area (Å²) in [5.41, 5.74) is 3.00. The molecule has 2 fully saturated rings. The fourth-order valence-electron chi connectivity index (χ4n) is 5.52. The van der Waals surface area contributed by atoms with E-state index in [0.717, 1.165) is 32.1 Å². The average Bonchev–Trinajstić information content (AvgIpc) is 2.79. The second-order valence-corrected chi connectivity index (χ2v) is 7.85. The summed E-state index contributed by atoms with van der Waals surface area (Å²) in [4.78, 5) is 12.8. The van der Waals surface area contributed by atoms with Crippen molar-refractivity contribution in [3.8, 4) is 5.75 Å². The standard InChI is InChI=1S/C20H24O3/c1-11(21)17-10-18-16-5-3-12-9-13(22)4-6-14(12)15(16)7-8-20(18,2)19(17)23/h4,6,9,15-16,18,21-22H,3,5,7-8,10H2,1-2H3/b17-11-/t15?,16?,18?,20-/m0/s1. The summed E-state index contributed by atoms with van der Waals surface area (Å²) in [5.74, 6) is 2.07. The Morgan fingerprint density at radius 2 is 2.09 bits per heavy atom. The monoisotopic (exact) mass is 312 g/mol. The van der Waals surface area contributed by atoms with Gasteiger partial charge in [-0.15, -0.1) is 0 Å². The Hall–Kier alpha value is -1.77. The summed E-state index contributed by atoms with van der Waals surface area (Å²) in [6.45, 7) is 3.75. The maximum Gasteiger partial charge on any atom is 0.168 e. The molecule has 3 aliphatic carbocycles. The summed E-state index contributed by atoms with van der Waals surface area (Å²) in [6.07, 6.45) is 4.70. The Balaban J connectivity index is 1.74. The second-order valence-electron chi connectivity index (χ2n) is 7.85. The third-order valence-corrected chi connectivity index (χ3v) is 6.75. The molecule has 0 saturated heterocycles. The number of hydrogen-bond donors (Lipinski definition) is 2. The van der Waals surface area contributed by atoms with Gasteiger partial charge in [0, 0.05) is 11.0 Å². The maximum absolute atomic E-state index is 12.8. The molecule has 1 aromatic rings. The zero-order valence-corrected chi connectivity index (χ0v) is 13.8. The second kappa shape index (κ2) is 4.86. The lowest BCUT2D eigenvalue weighted by atomic mass is 9.55. The molecule has 0 aliphatic heterocycles. The molecule has 0 amide bonds. The van der Waals surface area contributed by atoms with E-state index in [4.69, 9.17) is 0 Å². The first-order chi connectivity index (χ1) is 10.9. The highest BCUT2D eigenvalue weighted by atomic mass is 16.3. The molecule has 2 saturated carbocycles. The fourth-order valence-corrected chi connectivity index (χ4v) is 5.52. The Bertz CT molecular complexity index is 714. The first-order valence-electron chi connectivity index (χ1n) is 8.67. The van der Waals surface area contributed by atoms with Crippen molar-refractivity contribution in [1.82, 2.24) is 0 Å². The number of aliphatic hydroxyl groups is 1. The van der Waals surface area contributed by atoms with Crippen LogP contribution in [0.1, 0.15) is 56.6 Å². The Kier molecular flexibility index (Phi) is 3.13. The van der Waals surface area contributed by atoms with Gasteiger partial charge in [-0.25, -0.2) is 0 Å². The van der Waals surface area contributed by atoms with Crippen LogP contribution in [0.4, 0.5) is 0 Å². The highest BCUT2D eigenvalue weighted by molar-refractivity contribution is 6.02. The van der Waals surface area contributed by atoms with Crippen LogP contribution in [0.25, 0.3) is 0 Å². The maximum atomic E-state index is 12.8. The number of aliphatic hydroxyl groups excluding tert-OH is 1. The number of carbonyl (C=O) groups excluding carboxylic acids is 1. The SMILES string of the molecule is C/C(O)=C1\CC2C3CCc4cc(O)ccc4C3CC[C@]2(C)C1=O. The summed E-state index contributed by atoms with van der Waals surface area (Å²) < 4.78 is 0. The predicted molar refractivity (Wildman–Crippen MR) is 88.4 cm³/mol. The van der Waals surface area contributed by atoms with E-state index >= 15 is 0 Å². The lowest BCUT2D eigenvalue weighted by Crippen LogP contribution is -2.42. The molecule has 4 rings (SSSR count). The number of carbonyl (C=O) groups is 1. The number of aromatic hydroxyl groups is 1. The van der Waals surface area contributed by atoms with Gasteiger partial charge >= 0.3 is 0 Å². The third kappa shape index (κ3) is 1.98. The average molecular weight is 312 g/mol. The molecule has 3 heteroatoms. The van der Waals surface area contributed by atoms with E-state index in [9.17, 15) is 15.0 Å². The number of phenols is 1. The molecule has 0 spiro atoms. The molecular weight excluding hydrogens is 288 g/mol. The highest BCUT2D eigenvalue weighted by Crippen LogP contribution is 2.60. The van der Waals surface area contributed by atoms with Crippen LogP contribution in [0.15, 0.2) is 29.5 Å². The largest absolute Gasteiger partial charge is 0.512 e. The molecule has 3 unspecified atom stereocenters. The van der Waals surface area contributed by atoms with Gasteiger partial charge in [-0.2, -0.15) is 0 Å².